The zero-order valence-electron chi connectivity index (χ0n) is 5.53. The summed E-state index contributed by atoms with van der Waals surface area (Å²) < 4.78 is 3.91. The van der Waals surface area contributed by atoms with Crippen molar-refractivity contribution in [2.45, 2.75) is 6.92 Å². The van der Waals surface area contributed by atoms with Gasteiger partial charge in [0, 0.05) is 23.3 Å². The van der Waals surface area contributed by atoms with Gasteiger partial charge in [0.15, 0.2) is 11.0 Å². The number of hydrogen-bond acceptors (Lipinski definition) is 5. The van der Waals surface area contributed by atoms with Crippen LogP contribution in [0.4, 0.5) is 5.13 Å². The van der Waals surface area contributed by atoms with Crippen molar-refractivity contribution >= 4 is 22.7 Å². The first-order valence-corrected chi connectivity index (χ1v) is 3.49. The third-order valence-electron chi connectivity index (χ3n) is 0.814. The number of rotatable bonds is 1. The molecule has 4 N–H and O–H groups in total. The second-order valence-electron chi connectivity index (χ2n) is 1.88. The van der Waals surface area contributed by atoms with Crippen LogP contribution in [0.1, 0.15) is 12.7 Å². The van der Waals surface area contributed by atoms with E-state index in [1.165, 1.54) is 0 Å². The zero-order chi connectivity index (χ0) is 7.56. The van der Waals surface area contributed by atoms with Crippen molar-refractivity contribution in [1.29, 1.82) is 0 Å². The van der Waals surface area contributed by atoms with Gasteiger partial charge in [0.2, 0.25) is 0 Å². The highest BCUT2D eigenvalue weighted by Gasteiger charge is 1.94. The lowest BCUT2D eigenvalue weighted by atomic mass is 10.4. The third kappa shape index (κ3) is 1.70. The van der Waals surface area contributed by atoms with Crippen LogP contribution in [-0.4, -0.2) is 9.36 Å². The van der Waals surface area contributed by atoms with Crippen LogP contribution in [0.3, 0.4) is 0 Å². The Bertz CT molecular complexity index is 248. The number of nitrogen functional groups attached to an aromatic ring is 1. The van der Waals surface area contributed by atoms with Crippen molar-refractivity contribution in [2.24, 2.45) is 5.73 Å². The molecular formula is C5H8N4S. The zero-order valence-corrected chi connectivity index (χ0v) is 6.35. The van der Waals surface area contributed by atoms with Crippen LogP contribution in [0, 0.1) is 0 Å². The summed E-state index contributed by atoms with van der Waals surface area (Å²) in [6.45, 7) is 1.78. The molecule has 0 saturated heterocycles. The fraction of sp³-hybridized carbons (Fsp3) is 0.200. The molecule has 0 amide bonds. The highest BCUT2D eigenvalue weighted by Crippen LogP contribution is 2.07. The lowest BCUT2D eigenvalue weighted by Crippen LogP contribution is -1.90. The number of nitrogens with two attached hydrogens (primary N) is 2. The van der Waals surface area contributed by atoms with Gasteiger partial charge < -0.3 is 11.5 Å². The fourth-order valence-corrected chi connectivity index (χ4v) is 0.924. The predicted octanol–water partition coefficient (Wildman–Crippen LogP) is 0.440. The van der Waals surface area contributed by atoms with E-state index in [-0.39, 0.29) is 0 Å². The summed E-state index contributed by atoms with van der Waals surface area (Å²) in [7, 11) is 0. The molecule has 0 atom stereocenters. The minimum atomic E-state index is 0.465. The Balaban J connectivity index is 2.86. The summed E-state index contributed by atoms with van der Waals surface area (Å²) in [5.74, 6) is 0.586. The van der Waals surface area contributed by atoms with E-state index in [1.807, 2.05) is 0 Å². The van der Waals surface area contributed by atoms with Gasteiger partial charge in [-0.25, -0.2) is 0 Å². The first kappa shape index (κ1) is 7.01. The molecule has 0 saturated carbocycles. The average molecular weight is 156 g/mol. The monoisotopic (exact) mass is 156 g/mol. The summed E-state index contributed by atoms with van der Waals surface area (Å²) in [5, 5.41) is 0.465. The molecule has 0 fully saturated rings. The highest BCUT2D eigenvalue weighted by molar-refractivity contribution is 7.09. The molecular weight excluding hydrogens is 148 g/mol. The summed E-state index contributed by atoms with van der Waals surface area (Å²) in [4.78, 5) is 3.88. The molecule has 0 aliphatic rings. The van der Waals surface area contributed by atoms with E-state index in [2.05, 4.69) is 9.36 Å². The first-order chi connectivity index (χ1) is 4.68. The Morgan fingerprint density at radius 3 is 2.80 bits per heavy atom. The molecule has 0 aliphatic carbocycles. The molecule has 0 aliphatic heterocycles. The molecule has 1 rings (SSSR count). The van der Waals surface area contributed by atoms with Crippen LogP contribution >= 0.6 is 11.5 Å². The van der Waals surface area contributed by atoms with Crippen molar-refractivity contribution in [2.75, 3.05) is 5.73 Å². The van der Waals surface area contributed by atoms with E-state index in [9.17, 15) is 0 Å². The van der Waals surface area contributed by atoms with E-state index in [4.69, 9.17) is 11.5 Å². The van der Waals surface area contributed by atoms with Crippen LogP contribution in [0.25, 0.3) is 6.08 Å². The Labute approximate surface area is 62.7 Å². The lowest BCUT2D eigenvalue weighted by Gasteiger charge is -1.83. The maximum atomic E-state index is 5.38. The second-order valence-corrected chi connectivity index (χ2v) is 2.66. The Kier molecular flexibility index (Phi) is 1.86. The average Bonchev–Trinajstić information content (AvgIpc) is 2.13. The molecule has 5 heteroatoms. The van der Waals surface area contributed by atoms with Crippen LogP contribution < -0.4 is 11.5 Å². The van der Waals surface area contributed by atoms with Crippen LogP contribution in [0.2, 0.25) is 0 Å². The molecule has 1 aromatic rings. The Morgan fingerprint density at radius 1 is 1.70 bits per heavy atom. The summed E-state index contributed by atoms with van der Waals surface area (Å²) in [6, 6.07) is 0. The SMILES string of the molecule is CC(N)=Cc1nsc(N)n1. The van der Waals surface area contributed by atoms with Gasteiger partial charge in [-0.05, 0) is 6.92 Å². The number of allylic oxidation sites excluding steroid dienone is 1. The summed E-state index contributed by atoms with van der Waals surface area (Å²) in [6.07, 6.45) is 1.67. The molecule has 0 radical (unpaired) electrons. The van der Waals surface area contributed by atoms with Crippen molar-refractivity contribution in [1.82, 2.24) is 9.36 Å². The van der Waals surface area contributed by atoms with E-state index in [1.54, 1.807) is 13.0 Å². The van der Waals surface area contributed by atoms with Crippen molar-refractivity contribution in [3.8, 4) is 0 Å². The Morgan fingerprint density at radius 2 is 2.40 bits per heavy atom. The molecule has 10 heavy (non-hydrogen) atoms. The van der Waals surface area contributed by atoms with Gasteiger partial charge in [-0.3, -0.25) is 0 Å². The minimum absolute atomic E-state index is 0.465. The fourth-order valence-electron chi connectivity index (χ4n) is 0.510. The lowest BCUT2D eigenvalue weighted by molar-refractivity contribution is 1.25. The largest absolute Gasteiger partial charge is 0.402 e. The van der Waals surface area contributed by atoms with Gasteiger partial charge in [0.25, 0.3) is 0 Å². The predicted molar refractivity (Wildman–Crippen MR) is 42.2 cm³/mol. The number of hydrogen-bond donors (Lipinski definition) is 2. The molecule has 0 spiro atoms. The molecule has 1 heterocycles. The molecule has 54 valence electrons. The van der Waals surface area contributed by atoms with E-state index < -0.39 is 0 Å². The standard InChI is InChI=1S/C5H8N4S/c1-3(6)2-4-8-5(7)10-9-4/h2H,6H2,1H3,(H2,7,8,9). The Hall–Kier alpha value is -1.10. The van der Waals surface area contributed by atoms with E-state index in [0.29, 0.717) is 16.7 Å². The molecule has 4 nitrogen and oxygen atoms in total. The van der Waals surface area contributed by atoms with Crippen molar-refractivity contribution < 1.29 is 0 Å². The van der Waals surface area contributed by atoms with Crippen LogP contribution in [-0.2, 0) is 0 Å². The van der Waals surface area contributed by atoms with Gasteiger partial charge in [-0.1, -0.05) is 0 Å². The highest BCUT2D eigenvalue weighted by atomic mass is 32.1. The maximum absolute atomic E-state index is 5.38. The smallest absolute Gasteiger partial charge is 0.200 e. The quantitative estimate of drug-likeness (QED) is 0.618. The van der Waals surface area contributed by atoms with Gasteiger partial charge in [0.1, 0.15) is 0 Å². The first-order valence-electron chi connectivity index (χ1n) is 2.71. The van der Waals surface area contributed by atoms with Crippen molar-refractivity contribution in [3.63, 3.8) is 0 Å². The number of nitrogens with zero attached hydrogens (tertiary/aromatic N) is 2. The molecule has 1 aromatic heterocycles. The second kappa shape index (κ2) is 2.66. The van der Waals surface area contributed by atoms with Gasteiger partial charge in [-0.15, -0.1) is 0 Å². The van der Waals surface area contributed by atoms with E-state index >= 15 is 0 Å². The topological polar surface area (TPSA) is 77.8 Å². The van der Waals surface area contributed by atoms with Crippen LogP contribution in [0.5, 0.6) is 0 Å². The van der Waals surface area contributed by atoms with Gasteiger partial charge in [0.05, 0.1) is 0 Å². The number of aromatic nitrogens is 2. The summed E-state index contributed by atoms with van der Waals surface area (Å²) in [5.41, 5.74) is 11.4. The number of anilines is 1. The van der Waals surface area contributed by atoms with Gasteiger partial charge in [-0.2, -0.15) is 9.36 Å². The van der Waals surface area contributed by atoms with E-state index in [0.717, 1.165) is 11.5 Å². The summed E-state index contributed by atoms with van der Waals surface area (Å²) >= 11 is 1.16. The minimum Gasteiger partial charge on any atom is -0.402 e. The van der Waals surface area contributed by atoms with Crippen LogP contribution in [0.15, 0.2) is 5.70 Å². The maximum Gasteiger partial charge on any atom is 0.200 e. The molecule has 0 unspecified atom stereocenters. The third-order valence-corrected chi connectivity index (χ3v) is 1.37. The van der Waals surface area contributed by atoms with Gasteiger partial charge >= 0.3 is 0 Å². The van der Waals surface area contributed by atoms with Crippen molar-refractivity contribution in [3.05, 3.63) is 11.5 Å². The normalized spacial score (nSPS) is 11.9. The molecule has 0 bridgehead atoms. The molecule has 0 aromatic carbocycles.